The van der Waals surface area contributed by atoms with Crippen molar-refractivity contribution in [3.63, 3.8) is 0 Å². The van der Waals surface area contributed by atoms with Crippen molar-refractivity contribution in [3.05, 3.63) is 94.0 Å². The van der Waals surface area contributed by atoms with E-state index in [1.807, 2.05) is 19.1 Å². The Morgan fingerprint density at radius 1 is 1.12 bits per heavy atom. The van der Waals surface area contributed by atoms with Gasteiger partial charge in [0.2, 0.25) is 5.55 Å². The summed E-state index contributed by atoms with van der Waals surface area (Å²) < 4.78 is 20.1. The molecule has 0 aliphatic rings. The van der Waals surface area contributed by atoms with Crippen LogP contribution in [0.3, 0.4) is 0 Å². The van der Waals surface area contributed by atoms with Crippen LogP contribution in [0.1, 0.15) is 32.7 Å². The van der Waals surface area contributed by atoms with Crippen molar-refractivity contribution in [2.75, 3.05) is 5.32 Å². The molecule has 0 spiro atoms. The summed E-state index contributed by atoms with van der Waals surface area (Å²) in [6, 6.07) is 13.5. The van der Waals surface area contributed by atoms with E-state index in [2.05, 4.69) is 15.3 Å². The van der Waals surface area contributed by atoms with Gasteiger partial charge in [-0.15, -0.1) is 0 Å². The first-order valence-electron chi connectivity index (χ1n) is 10.1. The van der Waals surface area contributed by atoms with Crippen molar-refractivity contribution >= 4 is 28.3 Å². The first-order chi connectivity index (χ1) is 15.4. The Balaban J connectivity index is 1.92. The number of amides is 1. The number of nitrogens with zero attached hydrogens (tertiary/aromatic N) is 2. The SMILES string of the molecule is Cc1ccc(NC(=O)c2cc3c(CO)cnc(C)c3oc2=Nc2ccc(C)c(F)c2)cc1. The van der Waals surface area contributed by atoms with Gasteiger partial charge in [0.25, 0.3) is 5.91 Å². The third-order valence-corrected chi connectivity index (χ3v) is 5.16. The fraction of sp³-hybridized carbons (Fsp3) is 0.160. The lowest BCUT2D eigenvalue weighted by Gasteiger charge is -2.10. The third kappa shape index (κ3) is 4.29. The Morgan fingerprint density at radius 3 is 2.56 bits per heavy atom. The molecule has 0 saturated heterocycles. The number of fused-ring (bicyclic) bond motifs is 1. The summed E-state index contributed by atoms with van der Waals surface area (Å²) in [5, 5.41) is 13.1. The van der Waals surface area contributed by atoms with Crippen LogP contribution in [0.25, 0.3) is 11.0 Å². The number of aromatic nitrogens is 1. The van der Waals surface area contributed by atoms with Crippen LogP contribution in [0.2, 0.25) is 0 Å². The van der Waals surface area contributed by atoms with Gasteiger partial charge in [-0.05, 0) is 56.7 Å². The number of halogens is 1. The molecule has 0 saturated carbocycles. The molecule has 2 heterocycles. The second kappa shape index (κ2) is 8.72. The van der Waals surface area contributed by atoms with Gasteiger partial charge in [-0.1, -0.05) is 23.8 Å². The summed E-state index contributed by atoms with van der Waals surface area (Å²) in [5.41, 5.74) is 4.15. The molecular weight excluding hydrogens is 409 g/mol. The normalized spacial score (nSPS) is 11.7. The van der Waals surface area contributed by atoms with Gasteiger partial charge >= 0.3 is 0 Å². The highest BCUT2D eigenvalue weighted by atomic mass is 19.1. The Morgan fingerprint density at radius 2 is 1.88 bits per heavy atom. The van der Waals surface area contributed by atoms with Crippen LogP contribution in [-0.2, 0) is 6.61 Å². The zero-order valence-corrected chi connectivity index (χ0v) is 17.9. The number of rotatable bonds is 4. The molecule has 2 aromatic heterocycles. The van der Waals surface area contributed by atoms with E-state index < -0.39 is 11.7 Å². The Hall–Kier alpha value is -3.84. The molecule has 2 N–H and O–H groups in total. The summed E-state index contributed by atoms with van der Waals surface area (Å²) in [4.78, 5) is 21.8. The quantitative estimate of drug-likeness (QED) is 0.483. The number of aliphatic hydroxyl groups excluding tert-OH is 1. The fourth-order valence-electron chi connectivity index (χ4n) is 3.26. The van der Waals surface area contributed by atoms with E-state index in [1.165, 1.54) is 6.07 Å². The molecule has 0 atom stereocenters. The predicted octanol–water partition coefficient (Wildman–Crippen LogP) is 4.87. The number of carbonyl (C=O) groups excluding carboxylic acids is 1. The van der Waals surface area contributed by atoms with E-state index in [4.69, 9.17) is 4.42 Å². The maximum atomic E-state index is 14.1. The lowest BCUT2D eigenvalue weighted by molar-refractivity contribution is 0.102. The van der Waals surface area contributed by atoms with E-state index in [9.17, 15) is 14.3 Å². The molecular formula is C25H22FN3O3. The van der Waals surface area contributed by atoms with Gasteiger partial charge in [0, 0.05) is 22.8 Å². The van der Waals surface area contributed by atoms with Crippen LogP contribution in [0.4, 0.5) is 15.8 Å². The van der Waals surface area contributed by atoms with Gasteiger partial charge < -0.3 is 14.8 Å². The minimum absolute atomic E-state index is 0.0188. The number of benzene rings is 2. The maximum absolute atomic E-state index is 14.1. The Kier molecular flexibility index (Phi) is 5.83. The first kappa shape index (κ1) is 21.4. The molecule has 0 bridgehead atoms. The summed E-state index contributed by atoms with van der Waals surface area (Å²) in [5.74, 6) is -0.845. The molecule has 2 aromatic carbocycles. The van der Waals surface area contributed by atoms with Crippen molar-refractivity contribution in [2.45, 2.75) is 27.4 Å². The van der Waals surface area contributed by atoms with E-state index in [1.54, 1.807) is 50.4 Å². The molecule has 0 aliphatic heterocycles. The highest BCUT2D eigenvalue weighted by Crippen LogP contribution is 2.22. The summed E-state index contributed by atoms with van der Waals surface area (Å²) in [6.07, 6.45) is 1.54. The topological polar surface area (TPSA) is 87.7 Å². The largest absolute Gasteiger partial charge is 0.436 e. The standard InChI is InChI=1S/C25H22FN3O3/c1-14-4-7-18(8-5-14)28-24(31)21-11-20-17(13-30)12-27-16(3)23(20)32-25(21)29-19-9-6-15(2)22(26)10-19/h4-12,30H,13H2,1-3H3,(H,28,31). The van der Waals surface area contributed by atoms with Crippen molar-refractivity contribution in [2.24, 2.45) is 4.99 Å². The molecule has 0 fully saturated rings. The van der Waals surface area contributed by atoms with Gasteiger partial charge in [-0.25, -0.2) is 9.38 Å². The smallest absolute Gasteiger partial charge is 0.261 e. The van der Waals surface area contributed by atoms with Crippen LogP contribution in [0.15, 0.2) is 64.1 Å². The highest BCUT2D eigenvalue weighted by Gasteiger charge is 2.16. The summed E-state index contributed by atoms with van der Waals surface area (Å²) >= 11 is 0. The van der Waals surface area contributed by atoms with E-state index >= 15 is 0 Å². The number of hydrogen-bond acceptors (Lipinski definition) is 5. The van der Waals surface area contributed by atoms with E-state index in [-0.39, 0.29) is 17.7 Å². The Labute approximate surface area is 184 Å². The molecule has 0 radical (unpaired) electrons. The number of anilines is 1. The average molecular weight is 431 g/mol. The minimum atomic E-state index is -0.441. The van der Waals surface area contributed by atoms with Crippen LogP contribution >= 0.6 is 0 Å². The van der Waals surface area contributed by atoms with Crippen LogP contribution < -0.4 is 10.9 Å². The predicted molar refractivity (Wildman–Crippen MR) is 120 cm³/mol. The lowest BCUT2D eigenvalue weighted by Crippen LogP contribution is -2.22. The van der Waals surface area contributed by atoms with Crippen molar-refractivity contribution in [1.29, 1.82) is 0 Å². The first-order valence-corrected chi connectivity index (χ1v) is 10.1. The molecule has 1 amide bonds. The van der Waals surface area contributed by atoms with Gasteiger partial charge in [0.15, 0.2) is 5.58 Å². The number of carbonyl (C=O) groups is 1. The number of nitrogens with one attached hydrogen (secondary N) is 1. The lowest BCUT2D eigenvalue weighted by atomic mass is 10.1. The number of pyridine rings is 1. The number of aliphatic hydroxyl groups is 1. The molecule has 32 heavy (non-hydrogen) atoms. The summed E-state index contributed by atoms with van der Waals surface area (Å²) in [7, 11) is 0. The summed E-state index contributed by atoms with van der Waals surface area (Å²) in [6.45, 7) is 5.11. The molecule has 4 aromatic rings. The van der Waals surface area contributed by atoms with Gasteiger partial charge in [0.1, 0.15) is 11.4 Å². The number of aryl methyl sites for hydroxylation is 3. The molecule has 162 valence electrons. The highest BCUT2D eigenvalue weighted by molar-refractivity contribution is 6.05. The van der Waals surface area contributed by atoms with Crippen molar-refractivity contribution < 1.29 is 18.7 Å². The monoisotopic (exact) mass is 431 g/mol. The van der Waals surface area contributed by atoms with Gasteiger partial charge in [-0.2, -0.15) is 0 Å². The van der Waals surface area contributed by atoms with E-state index in [0.29, 0.717) is 39.2 Å². The average Bonchev–Trinajstić information content (AvgIpc) is 2.78. The zero-order valence-electron chi connectivity index (χ0n) is 17.9. The Bertz CT molecular complexity index is 1390. The van der Waals surface area contributed by atoms with E-state index in [0.717, 1.165) is 5.56 Å². The molecule has 0 unspecified atom stereocenters. The van der Waals surface area contributed by atoms with Gasteiger partial charge in [-0.3, -0.25) is 9.78 Å². The second-order valence-electron chi connectivity index (χ2n) is 7.60. The third-order valence-electron chi connectivity index (χ3n) is 5.16. The maximum Gasteiger partial charge on any atom is 0.261 e. The van der Waals surface area contributed by atoms with Crippen molar-refractivity contribution in [3.8, 4) is 0 Å². The number of hydrogen-bond donors (Lipinski definition) is 2. The molecule has 6 nitrogen and oxygen atoms in total. The van der Waals surface area contributed by atoms with Crippen molar-refractivity contribution in [1.82, 2.24) is 4.98 Å². The molecule has 4 rings (SSSR count). The van der Waals surface area contributed by atoms with Crippen LogP contribution in [0, 0.1) is 26.6 Å². The second-order valence-corrected chi connectivity index (χ2v) is 7.60. The van der Waals surface area contributed by atoms with Crippen LogP contribution in [0.5, 0.6) is 0 Å². The minimum Gasteiger partial charge on any atom is -0.436 e. The molecule has 7 heteroatoms. The van der Waals surface area contributed by atoms with Crippen LogP contribution in [-0.4, -0.2) is 16.0 Å². The molecule has 0 aliphatic carbocycles. The van der Waals surface area contributed by atoms with Gasteiger partial charge in [0.05, 0.1) is 18.0 Å². The fourth-order valence-corrected chi connectivity index (χ4v) is 3.26. The zero-order chi connectivity index (χ0) is 22.8.